The van der Waals surface area contributed by atoms with Crippen molar-refractivity contribution in [3.8, 4) is 17.2 Å². The van der Waals surface area contributed by atoms with Gasteiger partial charge in [-0.25, -0.2) is 9.78 Å². The summed E-state index contributed by atoms with van der Waals surface area (Å²) in [4.78, 5) is 38.6. The molecule has 2 atom stereocenters. The Hall–Kier alpha value is -5.25. The number of hydrogen-bond donors (Lipinski definition) is 3. The Balaban J connectivity index is 1.42. The van der Waals surface area contributed by atoms with Gasteiger partial charge in [0.05, 0.1) is 52.2 Å². The van der Waals surface area contributed by atoms with Crippen LogP contribution in [0, 0.1) is 17.2 Å². The molecule has 3 N–H and O–H groups in total. The summed E-state index contributed by atoms with van der Waals surface area (Å²) in [6.45, 7) is -0.445. The van der Waals surface area contributed by atoms with Crippen LogP contribution in [0.3, 0.4) is 0 Å². The summed E-state index contributed by atoms with van der Waals surface area (Å²) < 4.78 is 41.0. The van der Waals surface area contributed by atoms with E-state index in [1.165, 1.54) is 29.4 Å². The molecule has 1 fully saturated rings. The van der Waals surface area contributed by atoms with Gasteiger partial charge in [0.1, 0.15) is 5.69 Å². The second-order valence-corrected chi connectivity index (χ2v) is 9.49. The molecular formula is C28H22F3N7O3. The quantitative estimate of drug-likeness (QED) is 0.314. The van der Waals surface area contributed by atoms with Crippen LogP contribution in [0.15, 0.2) is 67.1 Å². The van der Waals surface area contributed by atoms with E-state index in [0.29, 0.717) is 27.7 Å². The molecule has 1 aliphatic heterocycles. The largest absolute Gasteiger partial charge is 0.465 e. The minimum Gasteiger partial charge on any atom is -0.465 e. The van der Waals surface area contributed by atoms with E-state index in [4.69, 9.17) is 5.11 Å². The fourth-order valence-electron chi connectivity index (χ4n) is 4.87. The molecule has 5 rings (SSSR count). The number of rotatable bonds is 5. The average Bonchev–Trinajstić information content (AvgIpc) is 2.96. The maximum absolute atomic E-state index is 13.7. The number of nitrogens with one attached hydrogen (secondary N) is 2. The SMILES string of the molecule is N#Cc1ccccc1-c1cnc2ccc(C(=O)Nc3cnccc3N3C[C@@H](NC(=O)O)C[C@@H](C(F)(F)F)C3)nc2c1. The van der Waals surface area contributed by atoms with Gasteiger partial charge in [-0.15, -0.1) is 0 Å². The molecule has 3 aromatic heterocycles. The second-order valence-electron chi connectivity index (χ2n) is 9.49. The first kappa shape index (κ1) is 27.3. The zero-order valence-corrected chi connectivity index (χ0v) is 21.3. The highest BCUT2D eigenvalue weighted by Crippen LogP contribution is 2.37. The smallest absolute Gasteiger partial charge is 0.404 e. The number of anilines is 2. The summed E-state index contributed by atoms with van der Waals surface area (Å²) in [5, 5.41) is 23.4. The molecule has 0 unspecified atom stereocenters. The number of nitriles is 1. The highest BCUT2D eigenvalue weighted by Gasteiger charge is 2.45. The molecule has 0 spiro atoms. The van der Waals surface area contributed by atoms with Crippen LogP contribution in [-0.2, 0) is 0 Å². The third-order valence-electron chi connectivity index (χ3n) is 6.76. The molecule has 1 aliphatic rings. The minimum absolute atomic E-state index is 0.0251. The van der Waals surface area contributed by atoms with Crippen molar-refractivity contribution in [1.29, 1.82) is 5.26 Å². The summed E-state index contributed by atoms with van der Waals surface area (Å²) in [5.74, 6) is -2.41. The van der Waals surface area contributed by atoms with Crippen LogP contribution in [0.1, 0.15) is 22.5 Å². The Morgan fingerprint density at radius 2 is 1.88 bits per heavy atom. The number of alkyl halides is 3. The van der Waals surface area contributed by atoms with Gasteiger partial charge in [-0.3, -0.25) is 14.8 Å². The fourth-order valence-corrected chi connectivity index (χ4v) is 4.87. The maximum Gasteiger partial charge on any atom is 0.404 e. The second kappa shape index (κ2) is 11.1. The molecule has 10 nitrogen and oxygen atoms in total. The topological polar surface area (TPSA) is 144 Å². The van der Waals surface area contributed by atoms with Crippen molar-refractivity contribution in [2.45, 2.75) is 18.6 Å². The Labute approximate surface area is 231 Å². The van der Waals surface area contributed by atoms with E-state index in [1.54, 1.807) is 42.6 Å². The molecule has 0 saturated carbocycles. The lowest BCUT2D eigenvalue weighted by molar-refractivity contribution is -0.177. The Kier molecular flexibility index (Phi) is 7.39. The van der Waals surface area contributed by atoms with Crippen LogP contribution in [0.2, 0.25) is 0 Å². The number of piperidine rings is 1. The number of amides is 2. The van der Waals surface area contributed by atoms with E-state index < -0.39 is 43.1 Å². The zero-order chi connectivity index (χ0) is 29.1. The van der Waals surface area contributed by atoms with Gasteiger partial charge in [-0.05, 0) is 36.8 Å². The first-order valence-corrected chi connectivity index (χ1v) is 12.4. The summed E-state index contributed by atoms with van der Waals surface area (Å²) in [6.07, 6.45) is -2.05. The summed E-state index contributed by atoms with van der Waals surface area (Å²) in [7, 11) is 0. The molecule has 1 aromatic carbocycles. The number of carboxylic acid groups (broad SMARTS) is 1. The summed E-state index contributed by atoms with van der Waals surface area (Å²) in [5.41, 5.74) is 3.11. The molecular weight excluding hydrogens is 539 g/mol. The Bertz CT molecular complexity index is 1670. The molecule has 4 heterocycles. The Morgan fingerprint density at radius 1 is 1.07 bits per heavy atom. The van der Waals surface area contributed by atoms with E-state index in [-0.39, 0.29) is 23.6 Å². The first-order chi connectivity index (χ1) is 19.6. The molecule has 208 valence electrons. The number of carbonyl (C=O) groups excluding carboxylic acids is 1. The van der Waals surface area contributed by atoms with Gasteiger partial charge in [0.2, 0.25) is 0 Å². The average molecular weight is 562 g/mol. The van der Waals surface area contributed by atoms with Gasteiger partial charge in [-0.2, -0.15) is 18.4 Å². The van der Waals surface area contributed by atoms with Crippen molar-refractivity contribution in [1.82, 2.24) is 20.3 Å². The number of pyridine rings is 3. The third-order valence-corrected chi connectivity index (χ3v) is 6.76. The number of fused-ring (bicyclic) bond motifs is 1. The van der Waals surface area contributed by atoms with Crippen molar-refractivity contribution in [2.24, 2.45) is 5.92 Å². The van der Waals surface area contributed by atoms with Crippen LogP contribution in [0.25, 0.3) is 22.2 Å². The van der Waals surface area contributed by atoms with Crippen molar-refractivity contribution in [2.75, 3.05) is 23.3 Å². The summed E-state index contributed by atoms with van der Waals surface area (Å²) in [6, 6.07) is 14.4. The maximum atomic E-state index is 13.7. The fraction of sp³-hybridized carbons (Fsp3) is 0.214. The van der Waals surface area contributed by atoms with Gasteiger partial charge >= 0.3 is 12.3 Å². The van der Waals surface area contributed by atoms with E-state index in [9.17, 15) is 28.0 Å². The third kappa shape index (κ3) is 6.01. The highest BCUT2D eigenvalue weighted by atomic mass is 19.4. The number of aromatic nitrogens is 3. The molecule has 13 heteroatoms. The van der Waals surface area contributed by atoms with E-state index in [2.05, 4.69) is 31.7 Å². The van der Waals surface area contributed by atoms with Crippen LogP contribution in [0.4, 0.5) is 29.3 Å². The molecule has 0 bridgehead atoms. The number of halogens is 3. The van der Waals surface area contributed by atoms with Gasteiger partial charge in [0, 0.05) is 36.6 Å². The zero-order valence-electron chi connectivity index (χ0n) is 21.3. The van der Waals surface area contributed by atoms with Crippen molar-refractivity contribution in [3.63, 3.8) is 0 Å². The number of carbonyl (C=O) groups is 2. The number of nitrogens with zero attached hydrogens (tertiary/aromatic N) is 5. The van der Waals surface area contributed by atoms with Gasteiger partial charge < -0.3 is 20.6 Å². The molecule has 4 aromatic rings. The predicted molar refractivity (Wildman–Crippen MR) is 143 cm³/mol. The van der Waals surface area contributed by atoms with Crippen molar-refractivity contribution in [3.05, 3.63) is 78.4 Å². The molecule has 1 saturated heterocycles. The van der Waals surface area contributed by atoms with E-state index >= 15 is 0 Å². The Morgan fingerprint density at radius 3 is 2.63 bits per heavy atom. The van der Waals surface area contributed by atoms with Crippen molar-refractivity contribution < 1.29 is 27.9 Å². The van der Waals surface area contributed by atoms with Gasteiger partial charge in [-0.1, -0.05) is 18.2 Å². The van der Waals surface area contributed by atoms with E-state index in [0.717, 1.165) is 0 Å². The first-order valence-electron chi connectivity index (χ1n) is 12.4. The molecule has 0 aliphatic carbocycles. The lowest BCUT2D eigenvalue weighted by Crippen LogP contribution is -2.53. The molecule has 41 heavy (non-hydrogen) atoms. The van der Waals surface area contributed by atoms with Gasteiger partial charge in [0.25, 0.3) is 5.91 Å². The van der Waals surface area contributed by atoms with Crippen LogP contribution in [-0.4, -0.2) is 57.4 Å². The lowest BCUT2D eigenvalue weighted by atomic mass is 9.93. The van der Waals surface area contributed by atoms with Gasteiger partial charge in [0.15, 0.2) is 0 Å². The van der Waals surface area contributed by atoms with Crippen LogP contribution in [0.5, 0.6) is 0 Å². The number of benzene rings is 1. The van der Waals surface area contributed by atoms with Crippen LogP contribution >= 0.6 is 0 Å². The molecule has 2 amide bonds. The van der Waals surface area contributed by atoms with E-state index in [1.807, 2.05) is 0 Å². The minimum atomic E-state index is -4.54. The van der Waals surface area contributed by atoms with Crippen LogP contribution < -0.4 is 15.5 Å². The highest BCUT2D eigenvalue weighted by molar-refractivity contribution is 6.05. The lowest BCUT2D eigenvalue weighted by Gasteiger charge is -2.40. The standard InChI is InChI=1S/C28H22F3N7O3/c29-28(30,31)18-10-19(35-27(40)41)15-38(14-18)25-7-8-33-13-24(25)37-26(39)22-6-5-21-23(36-22)9-17(12-34-21)20-4-2-1-3-16(20)11-32/h1-9,12-13,18-19,35H,10,14-15H2,(H,37,39)(H,40,41)/t18-,19+/m1/s1. The summed E-state index contributed by atoms with van der Waals surface area (Å²) >= 11 is 0. The predicted octanol–water partition coefficient (Wildman–Crippen LogP) is 4.84. The molecule has 0 radical (unpaired) electrons. The number of hydrogen-bond acceptors (Lipinski definition) is 7. The normalized spacial score (nSPS) is 17.1. The monoisotopic (exact) mass is 561 g/mol. The van der Waals surface area contributed by atoms with Crippen molar-refractivity contribution >= 4 is 34.4 Å².